The van der Waals surface area contributed by atoms with Crippen LogP contribution >= 0.6 is 0 Å². The molecular formula is C20H28O4. The fraction of sp³-hybridized carbons (Fsp3) is 0.550. The molecule has 0 bridgehead atoms. The number of hydrogen-bond acceptors (Lipinski definition) is 4. The molecule has 0 saturated heterocycles. The van der Waals surface area contributed by atoms with Crippen molar-refractivity contribution >= 4 is 17.5 Å². The Labute approximate surface area is 144 Å². The second kappa shape index (κ2) is 11.5. The third kappa shape index (κ3) is 7.53. The van der Waals surface area contributed by atoms with Crippen LogP contribution in [-0.4, -0.2) is 24.6 Å². The van der Waals surface area contributed by atoms with Gasteiger partial charge < -0.3 is 4.74 Å². The quantitative estimate of drug-likeness (QED) is 0.188. The average Bonchev–Trinajstić information content (AvgIpc) is 2.60. The zero-order chi connectivity index (χ0) is 17.8. The Balaban J connectivity index is 2.33. The molecule has 1 aromatic rings. The monoisotopic (exact) mass is 332 g/mol. The van der Waals surface area contributed by atoms with E-state index in [9.17, 15) is 14.4 Å². The van der Waals surface area contributed by atoms with Crippen LogP contribution in [0.25, 0.3) is 0 Å². The van der Waals surface area contributed by atoms with Crippen molar-refractivity contribution in [2.24, 2.45) is 0 Å². The van der Waals surface area contributed by atoms with Gasteiger partial charge in [-0.15, -0.1) is 0 Å². The molecule has 0 fully saturated rings. The largest absolute Gasteiger partial charge is 0.463 e. The van der Waals surface area contributed by atoms with Crippen molar-refractivity contribution in [3.8, 4) is 0 Å². The van der Waals surface area contributed by atoms with E-state index in [1.807, 2.05) is 12.1 Å². The lowest BCUT2D eigenvalue weighted by atomic mass is 10.0. The summed E-state index contributed by atoms with van der Waals surface area (Å²) in [5.74, 6) is -2.14. The molecule has 24 heavy (non-hydrogen) atoms. The van der Waals surface area contributed by atoms with Crippen molar-refractivity contribution < 1.29 is 19.1 Å². The number of aryl methyl sites for hydroxylation is 1. The van der Waals surface area contributed by atoms with Crippen LogP contribution in [0.5, 0.6) is 0 Å². The lowest BCUT2D eigenvalue weighted by Gasteiger charge is -2.04. The highest BCUT2D eigenvalue weighted by atomic mass is 16.5. The lowest BCUT2D eigenvalue weighted by Crippen LogP contribution is -2.19. The Morgan fingerprint density at radius 3 is 2.04 bits per heavy atom. The van der Waals surface area contributed by atoms with Crippen LogP contribution < -0.4 is 0 Å². The van der Waals surface area contributed by atoms with Gasteiger partial charge in [-0.2, -0.15) is 0 Å². The van der Waals surface area contributed by atoms with Gasteiger partial charge in [0.25, 0.3) is 0 Å². The number of ether oxygens (including phenoxy) is 1. The summed E-state index contributed by atoms with van der Waals surface area (Å²) >= 11 is 0. The van der Waals surface area contributed by atoms with E-state index in [0.717, 1.165) is 20.0 Å². The molecular weight excluding hydrogens is 304 g/mol. The van der Waals surface area contributed by atoms with Crippen molar-refractivity contribution in [3.05, 3.63) is 35.4 Å². The number of esters is 1. The number of unbranched alkanes of at least 4 members (excludes halogenated alkanes) is 6. The molecule has 0 saturated carbocycles. The number of Topliss-reactive ketones (excluding diaryl/α,β-unsaturated/α-hetero) is 2. The smallest absolute Gasteiger partial charge is 0.374 e. The van der Waals surface area contributed by atoms with Gasteiger partial charge in [0.1, 0.15) is 0 Å². The molecule has 0 aromatic heterocycles. The minimum atomic E-state index is -0.973. The number of carbonyl (C=O) groups is 3. The topological polar surface area (TPSA) is 60.4 Å². The molecule has 132 valence electrons. The molecule has 0 unspecified atom stereocenters. The van der Waals surface area contributed by atoms with Crippen LogP contribution in [0.15, 0.2) is 24.3 Å². The maximum Gasteiger partial charge on any atom is 0.374 e. The maximum absolute atomic E-state index is 11.9. The first-order valence-corrected chi connectivity index (χ1v) is 8.81. The number of ketones is 2. The van der Waals surface area contributed by atoms with Crippen molar-refractivity contribution in [3.63, 3.8) is 0 Å². The van der Waals surface area contributed by atoms with E-state index in [-0.39, 0.29) is 5.78 Å². The second-order valence-electron chi connectivity index (χ2n) is 6.08. The second-order valence-corrected chi connectivity index (χ2v) is 6.08. The van der Waals surface area contributed by atoms with Crippen molar-refractivity contribution in [1.29, 1.82) is 0 Å². The van der Waals surface area contributed by atoms with E-state index in [1.54, 1.807) is 12.1 Å². The van der Waals surface area contributed by atoms with Crippen molar-refractivity contribution in [2.45, 2.75) is 64.7 Å². The first-order chi connectivity index (χ1) is 11.6. The van der Waals surface area contributed by atoms with Gasteiger partial charge in [-0.05, 0) is 18.4 Å². The van der Waals surface area contributed by atoms with E-state index >= 15 is 0 Å². The van der Waals surface area contributed by atoms with Gasteiger partial charge in [0, 0.05) is 5.56 Å². The first kappa shape index (κ1) is 20.1. The number of rotatable bonds is 12. The maximum atomic E-state index is 11.9. The van der Waals surface area contributed by atoms with Gasteiger partial charge >= 0.3 is 5.97 Å². The average molecular weight is 332 g/mol. The predicted molar refractivity (Wildman–Crippen MR) is 94.1 cm³/mol. The van der Waals surface area contributed by atoms with E-state index in [0.29, 0.717) is 5.56 Å². The van der Waals surface area contributed by atoms with Gasteiger partial charge in [0.2, 0.25) is 5.78 Å². The molecule has 0 amide bonds. The van der Waals surface area contributed by atoms with E-state index in [2.05, 4.69) is 11.7 Å². The lowest BCUT2D eigenvalue weighted by molar-refractivity contribution is -0.151. The molecule has 4 heteroatoms. The summed E-state index contributed by atoms with van der Waals surface area (Å²) in [6.45, 7) is 2.22. The molecule has 0 atom stereocenters. The molecule has 4 nitrogen and oxygen atoms in total. The van der Waals surface area contributed by atoms with Gasteiger partial charge in [0.05, 0.1) is 13.5 Å². The number of hydrogen-bond donors (Lipinski definition) is 0. The normalized spacial score (nSPS) is 10.4. The fourth-order valence-electron chi connectivity index (χ4n) is 2.58. The van der Waals surface area contributed by atoms with Gasteiger partial charge in [-0.25, -0.2) is 4.79 Å². The molecule has 0 radical (unpaired) electrons. The highest BCUT2D eigenvalue weighted by molar-refractivity contribution is 6.38. The van der Waals surface area contributed by atoms with Crippen LogP contribution in [0.4, 0.5) is 0 Å². The summed E-state index contributed by atoms with van der Waals surface area (Å²) in [6, 6.07) is 7.30. The summed E-state index contributed by atoms with van der Waals surface area (Å²) in [4.78, 5) is 34.4. The number of benzene rings is 1. The zero-order valence-corrected chi connectivity index (χ0v) is 14.8. The molecule has 0 spiro atoms. The summed E-state index contributed by atoms with van der Waals surface area (Å²) in [6.07, 6.45) is 9.48. The number of carbonyl (C=O) groups excluding carboxylic acids is 3. The first-order valence-electron chi connectivity index (χ1n) is 8.81. The number of methoxy groups -OCH3 is 1. The molecule has 0 heterocycles. The Bertz CT molecular complexity index is 531. The molecule has 0 aliphatic rings. The van der Waals surface area contributed by atoms with Crippen LogP contribution in [0.2, 0.25) is 0 Å². The molecule has 0 N–H and O–H groups in total. The third-order valence-electron chi connectivity index (χ3n) is 4.08. The Morgan fingerprint density at radius 2 is 1.46 bits per heavy atom. The standard InChI is InChI=1S/C20H28O4/c1-3-4-5-6-7-8-9-10-16-11-13-17(14-12-16)18(21)15-19(22)20(23)24-2/h11-14H,3-10,15H2,1-2H3. The van der Waals surface area contributed by atoms with Crippen LogP contribution in [-0.2, 0) is 20.7 Å². The van der Waals surface area contributed by atoms with E-state index in [4.69, 9.17) is 0 Å². The predicted octanol–water partition coefficient (Wildman–Crippen LogP) is 4.29. The fourth-order valence-corrected chi connectivity index (χ4v) is 2.58. The zero-order valence-electron chi connectivity index (χ0n) is 14.8. The molecule has 0 aliphatic heterocycles. The Morgan fingerprint density at radius 1 is 0.875 bits per heavy atom. The highest BCUT2D eigenvalue weighted by Gasteiger charge is 2.19. The van der Waals surface area contributed by atoms with E-state index < -0.39 is 18.2 Å². The molecule has 1 rings (SSSR count). The minimum Gasteiger partial charge on any atom is -0.463 e. The Hall–Kier alpha value is -1.97. The summed E-state index contributed by atoms with van der Waals surface area (Å²) in [7, 11) is 1.13. The SMILES string of the molecule is CCCCCCCCCc1ccc(C(=O)CC(=O)C(=O)OC)cc1. The van der Waals surface area contributed by atoms with Crippen LogP contribution in [0.3, 0.4) is 0 Å². The Kier molecular flexibility index (Phi) is 9.66. The van der Waals surface area contributed by atoms with Crippen molar-refractivity contribution in [1.82, 2.24) is 0 Å². The summed E-state index contributed by atoms with van der Waals surface area (Å²) in [5, 5.41) is 0. The minimum absolute atomic E-state index is 0.354. The summed E-state index contributed by atoms with van der Waals surface area (Å²) in [5.41, 5.74) is 1.65. The van der Waals surface area contributed by atoms with Crippen LogP contribution in [0, 0.1) is 0 Å². The van der Waals surface area contributed by atoms with Crippen LogP contribution in [0.1, 0.15) is 74.2 Å². The molecule has 0 aliphatic carbocycles. The van der Waals surface area contributed by atoms with E-state index in [1.165, 1.54) is 44.1 Å². The third-order valence-corrected chi connectivity index (χ3v) is 4.08. The highest BCUT2D eigenvalue weighted by Crippen LogP contribution is 2.13. The molecule has 1 aromatic carbocycles. The van der Waals surface area contributed by atoms with Gasteiger partial charge in [0.15, 0.2) is 5.78 Å². The van der Waals surface area contributed by atoms with Gasteiger partial charge in [-0.1, -0.05) is 69.7 Å². The summed E-state index contributed by atoms with van der Waals surface area (Å²) < 4.78 is 4.31. The van der Waals surface area contributed by atoms with Crippen molar-refractivity contribution in [2.75, 3.05) is 7.11 Å². The van der Waals surface area contributed by atoms with Gasteiger partial charge in [-0.3, -0.25) is 9.59 Å².